The highest BCUT2D eigenvalue weighted by atomic mass is 31.2. The minimum Gasteiger partial charge on any atom is -0.462 e. The van der Waals surface area contributed by atoms with Crippen molar-refractivity contribution in [2.24, 2.45) is 5.73 Å². The molecule has 57 heavy (non-hydrogen) atoms. The van der Waals surface area contributed by atoms with Crippen LogP contribution in [0.3, 0.4) is 0 Å². The molecule has 0 saturated carbocycles. The first-order chi connectivity index (χ1) is 27.6. The summed E-state index contributed by atoms with van der Waals surface area (Å²) in [6.45, 7) is 3.36. The van der Waals surface area contributed by atoms with Crippen LogP contribution >= 0.6 is 7.82 Å². The number of esters is 2. The Balaban J connectivity index is 4.41. The van der Waals surface area contributed by atoms with Crippen molar-refractivity contribution in [1.82, 2.24) is 0 Å². The van der Waals surface area contributed by atoms with Gasteiger partial charge in [-0.2, -0.15) is 0 Å². The molecule has 328 valence electrons. The second-order valence-corrected chi connectivity index (χ2v) is 15.6. The van der Waals surface area contributed by atoms with E-state index in [9.17, 15) is 29.3 Å². The average molecular weight is 824 g/mol. The van der Waals surface area contributed by atoms with E-state index >= 15 is 0 Å². The highest BCUT2D eigenvalue weighted by Gasteiger charge is 2.26. The monoisotopic (exact) mass is 824 g/mol. The number of hydrogen-bond donors (Lipinski definition) is 4. The lowest BCUT2D eigenvalue weighted by Crippen LogP contribution is -2.29. The molecular weight excluding hydrogens is 745 g/mol. The van der Waals surface area contributed by atoms with E-state index < -0.39 is 44.7 Å². The minimum atomic E-state index is -4.44. The van der Waals surface area contributed by atoms with Crippen molar-refractivity contribution < 1.29 is 47.8 Å². The Morgan fingerprint density at radius 2 is 1.12 bits per heavy atom. The molecule has 0 aromatic rings. The van der Waals surface area contributed by atoms with Gasteiger partial charge in [-0.05, 0) is 77.0 Å². The van der Waals surface area contributed by atoms with Crippen LogP contribution in [-0.4, -0.2) is 71.7 Å². The molecule has 0 spiro atoms. The van der Waals surface area contributed by atoms with Gasteiger partial charge in [-0.1, -0.05) is 138 Å². The van der Waals surface area contributed by atoms with Gasteiger partial charge < -0.3 is 30.3 Å². The third-order valence-electron chi connectivity index (χ3n) is 8.78. The molecule has 0 rings (SSSR count). The Morgan fingerprint density at radius 3 is 1.70 bits per heavy atom. The molecule has 11 nitrogen and oxygen atoms in total. The van der Waals surface area contributed by atoms with E-state index in [1.807, 2.05) is 18.2 Å². The van der Waals surface area contributed by atoms with Crippen molar-refractivity contribution in [3.8, 4) is 0 Å². The van der Waals surface area contributed by atoms with Crippen LogP contribution in [0.1, 0.15) is 155 Å². The number of ether oxygens (including phenoxy) is 2. The lowest BCUT2D eigenvalue weighted by molar-refractivity contribution is -0.161. The summed E-state index contributed by atoms with van der Waals surface area (Å²) in [5, 5.41) is 20.4. The summed E-state index contributed by atoms with van der Waals surface area (Å²) < 4.78 is 32.6. The van der Waals surface area contributed by atoms with Crippen molar-refractivity contribution in [2.75, 3.05) is 26.4 Å². The van der Waals surface area contributed by atoms with E-state index in [-0.39, 0.29) is 32.6 Å². The van der Waals surface area contributed by atoms with Crippen LogP contribution in [-0.2, 0) is 32.7 Å². The van der Waals surface area contributed by atoms with E-state index in [0.717, 1.165) is 64.2 Å². The van der Waals surface area contributed by atoms with E-state index in [4.69, 9.17) is 24.3 Å². The zero-order chi connectivity index (χ0) is 42.1. The molecule has 1 unspecified atom stereocenters. The summed E-state index contributed by atoms with van der Waals surface area (Å²) in [5.74, 6) is -1.04. The quantitative estimate of drug-likeness (QED) is 0.0201. The van der Waals surface area contributed by atoms with Crippen molar-refractivity contribution in [3.05, 3.63) is 72.9 Å². The fraction of sp³-hybridized carbons (Fsp3) is 0.689. The number of phosphoric ester groups is 1. The predicted molar refractivity (Wildman–Crippen MR) is 231 cm³/mol. The highest BCUT2D eigenvalue weighted by molar-refractivity contribution is 7.47. The Morgan fingerprint density at radius 1 is 0.596 bits per heavy atom. The first-order valence-electron chi connectivity index (χ1n) is 21.6. The van der Waals surface area contributed by atoms with Gasteiger partial charge >= 0.3 is 19.8 Å². The molecule has 0 saturated heterocycles. The van der Waals surface area contributed by atoms with Crippen molar-refractivity contribution in [2.45, 2.75) is 173 Å². The van der Waals surface area contributed by atoms with Gasteiger partial charge in [0, 0.05) is 19.4 Å². The number of aliphatic hydroxyl groups is 2. The molecule has 0 aliphatic rings. The molecular formula is C45H78NO10P. The molecule has 0 fully saturated rings. The summed E-state index contributed by atoms with van der Waals surface area (Å²) in [5.41, 5.74) is 5.33. The van der Waals surface area contributed by atoms with Crippen molar-refractivity contribution >= 4 is 19.8 Å². The van der Waals surface area contributed by atoms with E-state index in [1.165, 1.54) is 38.5 Å². The molecule has 12 heteroatoms. The number of hydrogen-bond acceptors (Lipinski definition) is 10. The van der Waals surface area contributed by atoms with Gasteiger partial charge in [0.1, 0.15) is 6.61 Å². The van der Waals surface area contributed by atoms with E-state index in [2.05, 4.69) is 68.5 Å². The van der Waals surface area contributed by atoms with Crippen LogP contribution in [0, 0.1) is 0 Å². The van der Waals surface area contributed by atoms with Gasteiger partial charge in [0.25, 0.3) is 0 Å². The zero-order valence-corrected chi connectivity index (χ0v) is 36.2. The Kier molecular flexibility index (Phi) is 38.3. The number of nitrogens with two attached hydrogens (primary N) is 1. The van der Waals surface area contributed by atoms with Gasteiger partial charge in [0.05, 0.1) is 25.4 Å². The topological polar surface area (TPSA) is 175 Å². The lowest BCUT2D eigenvalue weighted by atomic mass is 10.0. The molecule has 0 aliphatic heterocycles. The average Bonchev–Trinajstić information content (AvgIpc) is 3.19. The number of unbranched alkanes of at least 4 members (excludes halogenated alkanes) is 10. The van der Waals surface area contributed by atoms with E-state index in [0.29, 0.717) is 25.7 Å². The third-order valence-corrected chi connectivity index (χ3v) is 9.76. The largest absolute Gasteiger partial charge is 0.472 e. The summed E-state index contributed by atoms with van der Waals surface area (Å²) >= 11 is 0. The van der Waals surface area contributed by atoms with Gasteiger partial charge in [-0.25, -0.2) is 4.57 Å². The number of phosphoric acid groups is 1. The summed E-state index contributed by atoms with van der Waals surface area (Å²) in [7, 11) is -4.44. The molecule has 5 N–H and O–H groups in total. The Bertz CT molecular complexity index is 1200. The van der Waals surface area contributed by atoms with Gasteiger partial charge in [-0.3, -0.25) is 18.6 Å². The number of allylic oxidation sites excluding steroid dienone is 11. The molecule has 4 atom stereocenters. The van der Waals surface area contributed by atoms with Gasteiger partial charge in [0.15, 0.2) is 6.10 Å². The van der Waals surface area contributed by atoms with Gasteiger partial charge in [0.2, 0.25) is 0 Å². The first-order valence-corrected chi connectivity index (χ1v) is 23.1. The summed E-state index contributed by atoms with van der Waals surface area (Å²) in [4.78, 5) is 34.8. The summed E-state index contributed by atoms with van der Waals surface area (Å²) in [6.07, 6.45) is 41.1. The lowest BCUT2D eigenvalue weighted by Gasteiger charge is -2.19. The normalized spacial score (nSPS) is 15.1. The molecule has 0 aliphatic carbocycles. The van der Waals surface area contributed by atoms with Crippen LogP contribution in [0.25, 0.3) is 0 Å². The number of carbonyl (C=O) groups excluding carboxylic acids is 2. The minimum absolute atomic E-state index is 0.0152. The maximum atomic E-state index is 12.6. The predicted octanol–water partition coefficient (Wildman–Crippen LogP) is 10.2. The van der Waals surface area contributed by atoms with Crippen LogP contribution in [0.5, 0.6) is 0 Å². The third kappa shape index (κ3) is 38.6. The standard InChI is InChI=1S/C45H78NO10P/c1-3-5-7-9-11-12-13-14-15-16-17-18-19-20-21-22-23-27-31-35-44(49)53-39-41(40-55-57(51,52)54-38-37-46)56-45(50)36-32-28-24-26-30-34-43(48)42(47)33-29-25-10-8-6-4-2/h11-12,14-15,17-18,20-21,23,25,27,29,41-43,47-48H,3-10,13,16,19,22,24,26,28,30-40,46H2,1-2H3,(H,51,52)/b12-11-,15-14-,18-17-,21-20-,27-23-,29-25-/t41-,42+,43+/m1/s1. The van der Waals surface area contributed by atoms with E-state index in [1.54, 1.807) is 0 Å². The Hall–Kier alpha value is -2.63. The number of aliphatic hydroxyl groups excluding tert-OH is 2. The number of rotatable bonds is 39. The SMILES string of the molecule is CCCCC/C=C\C/C=C\C/C=C\C/C=C\C/C=C\CCC(=O)OC[C@H](COP(=O)(O)OCCN)OC(=O)CCCCCCC[C@H](O)[C@@H](O)C/C=C\CCCCC. The maximum Gasteiger partial charge on any atom is 0.472 e. The van der Waals surface area contributed by atoms with Crippen LogP contribution in [0.15, 0.2) is 72.9 Å². The summed E-state index contributed by atoms with van der Waals surface area (Å²) in [6, 6.07) is 0. The van der Waals surface area contributed by atoms with Crippen LogP contribution < -0.4 is 5.73 Å². The zero-order valence-electron chi connectivity index (χ0n) is 35.3. The smallest absolute Gasteiger partial charge is 0.462 e. The second-order valence-electron chi connectivity index (χ2n) is 14.2. The van der Waals surface area contributed by atoms with Crippen molar-refractivity contribution in [1.29, 1.82) is 0 Å². The van der Waals surface area contributed by atoms with Gasteiger partial charge in [-0.15, -0.1) is 0 Å². The number of carbonyl (C=O) groups is 2. The fourth-order valence-corrected chi connectivity index (χ4v) is 6.17. The van der Waals surface area contributed by atoms with Crippen LogP contribution in [0.2, 0.25) is 0 Å². The second kappa shape index (κ2) is 40.2. The molecule has 0 radical (unpaired) electrons. The van der Waals surface area contributed by atoms with Crippen molar-refractivity contribution in [3.63, 3.8) is 0 Å². The molecule has 0 aromatic carbocycles. The maximum absolute atomic E-state index is 12.6. The molecule has 0 amide bonds. The molecule has 0 heterocycles. The first kappa shape index (κ1) is 54.4. The highest BCUT2D eigenvalue weighted by Crippen LogP contribution is 2.43. The molecule has 0 aromatic heterocycles. The van der Waals surface area contributed by atoms with Crippen LogP contribution in [0.4, 0.5) is 0 Å². The fourth-order valence-electron chi connectivity index (χ4n) is 5.40. The Labute approximate surface area is 345 Å². The molecule has 0 bridgehead atoms.